The van der Waals surface area contributed by atoms with Crippen molar-refractivity contribution in [1.29, 1.82) is 0 Å². The van der Waals surface area contributed by atoms with E-state index in [1.165, 1.54) is 30.0 Å². The summed E-state index contributed by atoms with van der Waals surface area (Å²) in [6.45, 7) is 4.02. The Hall–Kier alpha value is -2.88. The largest absolute Gasteiger partial charge is 0.494 e. The topological polar surface area (TPSA) is 81.9 Å². The molecule has 1 N–H and O–H groups in total. The molecular weight excluding hydrogens is 466 g/mol. The van der Waals surface area contributed by atoms with Crippen molar-refractivity contribution in [3.8, 4) is 22.8 Å². The van der Waals surface area contributed by atoms with E-state index in [0.717, 1.165) is 27.9 Å². The number of aromatic nitrogens is 4. The summed E-state index contributed by atoms with van der Waals surface area (Å²) in [5, 5.41) is 15.5. The molecule has 0 spiro atoms. The highest BCUT2D eigenvalue weighted by Gasteiger charge is 2.17. The molecule has 2 heterocycles. The molecule has 0 aliphatic carbocycles. The molecule has 0 aliphatic rings. The fraction of sp³-hybridized carbons (Fsp3) is 0.182. The first-order chi connectivity index (χ1) is 15.5. The van der Waals surface area contributed by atoms with Crippen LogP contribution in [0.5, 0.6) is 5.75 Å². The molecule has 0 saturated heterocycles. The lowest BCUT2D eigenvalue weighted by molar-refractivity contribution is -0.114. The van der Waals surface area contributed by atoms with Crippen molar-refractivity contribution in [2.75, 3.05) is 11.9 Å². The number of thioether (sulfide) groups is 1. The van der Waals surface area contributed by atoms with Gasteiger partial charge in [-0.1, -0.05) is 35.5 Å². The molecule has 0 unspecified atom stereocenters. The van der Waals surface area contributed by atoms with Crippen molar-refractivity contribution in [2.24, 2.45) is 0 Å². The lowest BCUT2D eigenvalue weighted by Crippen LogP contribution is -2.05. The number of hydrogen-bond donors (Lipinski definition) is 1. The third kappa shape index (κ3) is 5.29. The summed E-state index contributed by atoms with van der Waals surface area (Å²) in [6, 6.07) is 15.3. The van der Waals surface area contributed by atoms with Gasteiger partial charge in [-0.2, -0.15) is 0 Å². The van der Waals surface area contributed by atoms with E-state index in [9.17, 15) is 4.79 Å². The third-order valence-corrected chi connectivity index (χ3v) is 6.31. The van der Waals surface area contributed by atoms with Crippen LogP contribution in [-0.2, 0) is 10.5 Å². The number of carbonyl (C=O) groups excluding carboxylic acids is 1. The van der Waals surface area contributed by atoms with Crippen molar-refractivity contribution in [2.45, 2.75) is 24.8 Å². The van der Waals surface area contributed by atoms with E-state index < -0.39 is 0 Å². The van der Waals surface area contributed by atoms with Gasteiger partial charge in [0.15, 0.2) is 16.1 Å². The standard InChI is InChI=1S/C22H20ClN5O2S2/c1-3-30-19-9-7-18(8-10-19)28-20(15-5-4-6-16(23)11-15)26-27-22(28)32-13-17-12-31-21(25-17)24-14(2)29/h4-12H,3,13H2,1-2H3,(H,24,25,29). The summed E-state index contributed by atoms with van der Waals surface area (Å²) in [5.74, 6) is 1.94. The maximum absolute atomic E-state index is 11.2. The number of rotatable bonds is 8. The fourth-order valence-corrected chi connectivity index (χ4v) is 4.89. The molecule has 0 atom stereocenters. The number of halogens is 1. The van der Waals surface area contributed by atoms with Gasteiger partial charge in [0, 0.05) is 34.3 Å². The van der Waals surface area contributed by atoms with E-state index >= 15 is 0 Å². The highest BCUT2D eigenvalue weighted by atomic mass is 35.5. The Bertz CT molecular complexity index is 1220. The van der Waals surface area contributed by atoms with Gasteiger partial charge in [-0.05, 0) is 43.3 Å². The molecule has 1 amide bonds. The van der Waals surface area contributed by atoms with Gasteiger partial charge in [0.1, 0.15) is 5.75 Å². The lowest BCUT2D eigenvalue weighted by atomic mass is 10.2. The van der Waals surface area contributed by atoms with Gasteiger partial charge in [-0.25, -0.2) is 4.98 Å². The van der Waals surface area contributed by atoms with Gasteiger partial charge >= 0.3 is 0 Å². The van der Waals surface area contributed by atoms with Gasteiger partial charge in [0.05, 0.1) is 12.3 Å². The average Bonchev–Trinajstić information content (AvgIpc) is 3.39. The monoisotopic (exact) mass is 485 g/mol. The molecule has 0 saturated carbocycles. The first-order valence-corrected chi connectivity index (χ1v) is 12.1. The number of anilines is 1. The lowest BCUT2D eigenvalue weighted by Gasteiger charge is -2.11. The summed E-state index contributed by atoms with van der Waals surface area (Å²) in [4.78, 5) is 15.7. The Morgan fingerprint density at radius 3 is 2.75 bits per heavy atom. The van der Waals surface area contributed by atoms with Crippen LogP contribution in [0.25, 0.3) is 17.1 Å². The van der Waals surface area contributed by atoms with E-state index in [0.29, 0.717) is 28.3 Å². The maximum atomic E-state index is 11.2. The minimum Gasteiger partial charge on any atom is -0.494 e. The highest BCUT2D eigenvalue weighted by molar-refractivity contribution is 7.98. The van der Waals surface area contributed by atoms with Gasteiger partial charge in [0.25, 0.3) is 0 Å². The minimum absolute atomic E-state index is 0.139. The van der Waals surface area contributed by atoms with Gasteiger partial charge in [-0.3, -0.25) is 9.36 Å². The van der Waals surface area contributed by atoms with Crippen molar-refractivity contribution < 1.29 is 9.53 Å². The van der Waals surface area contributed by atoms with Crippen LogP contribution in [-0.4, -0.2) is 32.3 Å². The number of ether oxygens (including phenoxy) is 1. The molecule has 0 radical (unpaired) electrons. The predicted molar refractivity (Wildman–Crippen MR) is 129 cm³/mol. The molecule has 7 nitrogen and oxygen atoms in total. The van der Waals surface area contributed by atoms with Crippen molar-refractivity contribution in [3.63, 3.8) is 0 Å². The number of benzene rings is 2. The normalized spacial score (nSPS) is 10.8. The van der Waals surface area contributed by atoms with E-state index in [1.54, 1.807) is 0 Å². The first-order valence-electron chi connectivity index (χ1n) is 9.83. The molecule has 4 aromatic rings. The minimum atomic E-state index is -0.139. The number of amides is 1. The van der Waals surface area contributed by atoms with Crippen LogP contribution >= 0.6 is 34.7 Å². The Kier molecular flexibility index (Phi) is 7.09. The molecule has 32 heavy (non-hydrogen) atoms. The Labute approximate surface area is 198 Å². The molecule has 4 rings (SSSR count). The van der Waals surface area contributed by atoms with Crippen LogP contribution in [0, 0.1) is 0 Å². The summed E-state index contributed by atoms with van der Waals surface area (Å²) in [7, 11) is 0. The quantitative estimate of drug-likeness (QED) is 0.323. The van der Waals surface area contributed by atoms with Gasteiger partial charge in [-0.15, -0.1) is 21.5 Å². The van der Waals surface area contributed by atoms with Crippen molar-refractivity contribution in [3.05, 3.63) is 64.6 Å². The third-order valence-electron chi connectivity index (χ3n) is 4.31. The van der Waals surface area contributed by atoms with E-state index in [-0.39, 0.29) is 5.91 Å². The zero-order chi connectivity index (χ0) is 22.5. The fourth-order valence-electron chi connectivity index (χ4n) is 2.99. The second-order valence-corrected chi connectivity index (χ2v) is 8.93. The number of nitrogens with zero attached hydrogens (tertiary/aromatic N) is 4. The first kappa shape index (κ1) is 22.3. The summed E-state index contributed by atoms with van der Waals surface area (Å²) in [6.07, 6.45) is 0. The molecule has 164 valence electrons. The average molecular weight is 486 g/mol. The van der Waals surface area contributed by atoms with Crippen LogP contribution in [0.3, 0.4) is 0 Å². The zero-order valence-corrected chi connectivity index (χ0v) is 19.8. The van der Waals surface area contributed by atoms with Crippen LogP contribution in [0.4, 0.5) is 5.13 Å². The predicted octanol–water partition coefficient (Wildman–Crippen LogP) is 5.69. The molecule has 2 aromatic heterocycles. The number of hydrogen-bond acceptors (Lipinski definition) is 7. The van der Waals surface area contributed by atoms with Crippen LogP contribution in [0.2, 0.25) is 5.02 Å². The summed E-state index contributed by atoms with van der Waals surface area (Å²) < 4.78 is 7.57. The molecular formula is C22H20ClN5O2S2. The van der Waals surface area contributed by atoms with Crippen molar-refractivity contribution >= 4 is 45.7 Å². The summed E-state index contributed by atoms with van der Waals surface area (Å²) >= 11 is 9.13. The van der Waals surface area contributed by atoms with E-state index in [4.69, 9.17) is 16.3 Å². The smallest absolute Gasteiger partial charge is 0.223 e. The molecule has 2 aromatic carbocycles. The second kappa shape index (κ2) is 10.2. The van der Waals surface area contributed by atoms with E-state index in [2.05, 4.69) is 20.5 Å². The summed E-state index contributed by atoms with van der Waals surface area (Å²) in [5.41, 5.74) is 2.63. The highest BCUT2D eigenvalue weighted by Crippen LogP contribution is 2.32. The second-order valence-electron chi connectivity index (χ2n) is 6.69. The van der Waals surface area contributed by atoms with E-state index in [1.807, 2.05) is 65.4 Å². The zero-order valence-electron chi connectivity index (χ0n) is 17.4. The maximum Gasteiger partial charge on any atom is 0.223 e. The number of nitrogens with one attached hydrogen (secondary N) is 1. The Morgan fingerprint density at radius 2 is 2.03 bits per heavy atom. The van der Waals surface area contributed by atoms with Gasteiger partial charge < -0.3 is 10.1 Å². The molecule has 0 aliphatic heterocycles. The number of thiazole rings is 1. The van der Waals surface area contributed by atoms with Crippen LogP contribution in [0.1, 0.15) is 19.5 Å². The molecule has 10 heteroatoms. The Morgan fingerprint density at radius 1 is 1.22 bits per heavy atom. The SMILES string of the molecule is CCOc1ccc(-n2c(SCc3csc(NC(C)=O)n3)nnc2-c2cccc(Cl)c2)cc1. The number of carbonyl (C=O) groups is 1. The van der Waals surface area contributed by atoms with Crippen molar-refractivity contribution in [1.82, 2.24) is 19.7 Å². The van der Waals surface area contributed by atoms with Crippen LogP contribution < -0.4 is 10.1 Å². The van der Waals surface area contributed by atoms with Gasteiger partial charge in [0.2, 0.25) is 5.91 Å². The van der Waals surface area contributed by atoms with Crippen LogP contribution in [0.15, 0.2) is 59.1 Å². The molecule has 0 bridgehead atoms. The Balaban J connectivity index is 1.66. The molecule has 0 fully saturated rings.